The molecule has 4 aromatic carbocycles. The average molecular weight is 514 g/mol. The number of amides is 1. The van der Waals surface area contributed by atoms with Gasteiger partial charge in [0.15, 0.2) is 0 Å². The number of aromatic nitrogens is 2. The Morgan fingerprint density at radius 3 is 2.36 bits per heavy atom. The largest absolute Gasteiger partial charge is 0.322 e. The number of nitrogens with one attached hydrogen (secondary N) is 1. The molecule has 5 aromatic rings. The van der Waals surface area contributed by atoms with Crippen LogP contribution in [0.2, 0.25) is 10.0 Å². The van der Waals surface area contributed by atoms with E-state index in [0.717, 1.165) is 11.1 Å². The summed E-state index contributed by atoms with van der Waals surface area (Å²) in [5.74, 6) is 0.291. The number of anilines is 1. The highest BCUT2D eigenvalue weighted by Crippen LogP contribution is 2.21. The zero-order valence-corrected chi connectivity index (χ0v) is 20.6. The summed E-state index contributed by atoms with van der Waals surface area (Å²) in [7, 11) is 0. The summed E-state index contributed by atoms with van der Waals surface area (Å²) in [5, 5.41) is 4.19. The van der Waals surface area contributed by atoms with E-state index in [9.17, 15) is 9.59 Å². The monoisotopic (exact) mass is 513 g/mol. The molecule has 0 fully saturated rings. The molecule has 0 saturated carbocycles. The second-order valence-corrected chi connectivity index (χ2v) is 9.22. The Bertz CT molecular complexity index is 1630. The molecule has 0 bridgehead atoms. The average Bonchev–Trinajstić information content (AvgIpc) is 2.87. The fourth-order valence-electron chi connectivity index (χ4n) is 4.08. The summed E-state index contributed by atoms with van der Waals surface area (Å²) >= 11 is 12.4. The van der Waals surface area contributed by atoms with E-state index in [1.165, 1.54) is 0 Å². The van der Waals surface area contributed by atoms with E-state index in [1.54, 1.807) is 53.1 Å². The first-order valence-electron chi connectivity index (χ1n) is 11.4. The van der Waals surface area contributed by atoms with Crippen molar-refractivity contribution in [3.05, 3.63) is 140 Å². The van der Waals surface area contributed by atoms with Crippen LogP contribution >= 0.6 is 23.2 Å². The fourth-order valence-corrected chi connectivity index (χ4v) is 4.52. The van der Waals surface area contributed by atoms with Crippen molar-refractivity contribution in [1.82, 2.24) is 9.55 Å². The van der Waals surface area contributed by atoms with Crippen LogP contribution in [0, 0.1) is 0 Å². The lowest BCUT2D eigenvalue weighted by atomic mass is 10.1. The Morgan fingerprint density at radius 1 is 0.833 bits per heavy atom. The Balaban J connectivity index is 1.57. The normalized spacial score (nSPS) is 10.9. The molecule has 1 aromatic heterocycles. The van der Waals surface area contributed by atoms with Gasteiger partial charge in [0.1, 0.15) is 5.82 Å². The van der Waals surface area contributed by atoms with Gasteiger partial charge < -0.3 is 5.32 Å². The van der Waals surface area contributed by atoms with Crippen molar-refractivity contribution in [2.45, 2.75) is 13.0 Å². The Kier molecular flexibility index (Phi) is 6.85. The fraction of sp³-hybridized carbons (Fsp3) is 0.0690. The molecule has 0 unspecified atom stereocenters. The van der Waals surface area contributed by atoms with E-state index >= 15 is 0 Å². The van der Waals surface area contributed by atoms with Gasteiger partial charge in [-0.1, -0.05) is 77.8 Å². The number of carbonyl (C=O) groups is 1. The summed E-state index contributed by atoms with van der Waals surface area (Å²) in [6.07, 6.45) is 0.498. The van der Waals surface area contributed by atoms with Crippen molar-refractivity contribution >= 4 is 45.7 Å². The van der Waals surface area contributed by atoms with E-state index < -0.39 is 0 Å². The smallest absolute Gasteiger partial charge is 0.261 e. The van der Waals surface area contributed by atoms with Gasteiger partial charge in [-0.25, -0.2) is 4.98 Å². The molecule has 0 radical (unpaired) electrons. The van der Waals surface area contributed by atoms with Gasteiger partial charge in [0.25, 0.3) is 11.5 Å². The minimum Gasteiger partial charge on any atom is -0.322 e. The Morgan fingerprint density at radius 2 is 1.58 bits per heavy atom. The number of carbonyl (C=O) groups excluding carboxylic acids is 1. The van der Waals surface area contributed by atoms with Gasteiger partial charge in [-0.2, -0.15) is 0 Å². The lowest BCUT2D eigenvalue weighted by Crippen LogP contribution is -2.26. The van der Waals surface area contributed by atoms with E-state index in [0.29, 0.717) is 51.0 Å². The van der Waals surface area contributed by atoms with Crippen LogP contribution in [-0.2, 0) is 13.0 Å². The first-order valence-corrected chi connectivity index (χ1v) is 12.1. The third kappa shape index (κ3) is 5.18. The van der Waals surface area contributed by atoms with Crippen molar-refractivity contribution in [3.63, 3.8) is 0 Å². The lowest BCUT2D eigenvalue weighted by Gasteiger charge is -2.15. The minimum absolute atomic E-state index is 0.195. The zero-order valence-electron chi connectivity index (χ0n) is 19.1. The molecule has 0 spiro atoms. The number of nitrogens with zero attached hydrogens (tertiary/aromatic N) is 2. The van der Waals surface area contributed by atoms with Crippen LogP contribution in [0.25, 0.3) is 10.9 Å². The van der Waals surface area contributed by atoms with E-state index in [1.807, 2.05) is 48.5 Å². The van der Waals surface area contributed by atoms with Crippen LogP contribution in [0.4, 0.5) is 5.69 Å². The molecule has 178 valence electrons. The van der Waals surface area contributed by atoms with E-state index in [2.05, 4.69) is 5.32 Å². The molecule has 5 nitrogen and oxygen atoms in total. The molecule has 0 atom stereocenters. The second kappa shape index (κ2) is 10.4. The van der Waals surface area contributed by atoms with Gasteiger partial charge >= 0.3 is 0 Å². The number of halogens is 2. The molecule has 1 heterocycles. The maximum absolute atomic E-state index is 13.7. The summed E-state index contributed by atoms with van der Waals surface area (Å²) < 4.78 is 1.67. The lowest BCUT2D eigenvalue weighted by molar-refractivity contribution is 0.102. The summed E-state index contributed by atoms with van der Waals surface area (Å²) in [5.41, 5.74) is 3.14. The van der Waals surface area contributed by atoms with Gasteiger partial charge in [0.05, 0.1) is 28.0 Å². The van der Waals surface area contributed by atoms with Gasteiger partial charge in [0.2, 0.25) is 0 Å². The molecule has 36 heavy (non-hydrogen) atoms. The number of benzene rings is 4. The SMILES string of the molecule is O=C(Nc1ccc2nc(Cc3ccccc3)n(Cc3cccc(Cl)c3)c(=O)c2c1)c1ccccc1Cl. The first kappa shape index (κ1) is 23.8. The summed E-state index contributed by atoms with van der Waals surface area (Å²) in [6.45, 7) is 0.320. The Hall–Kier alpha value is -3.93. The van der Waals surface area contributed by atoms with Gasteiger partial charge in [-0.05, 0) is 53.6 Å². The third-order valence-electron chi connectivity index (χ3n) is 5.84. The van der Waals surface area contributed by atoms with Crippen LogP contribution < -0.4 is 10.9 Å². The Labute approximate surface area is 218 Å². The van der Waals surface area contributed by atoms with Gasteiger partial charge in [-0.15, -0.1) is 0 Å². The highest BCUT2D eigenvalue weighted by Gasteiger charge is 2.15. The molecule has 1 amide bonds. The van der Waals surface area contributed by atoms with Crippen LogP contribution in [0.15, 0.2) is 102 Å². The minimum atomic E-state index is -0.354. The molecule has 5 rings (SSSR count). The highest BCUT2D eigenvalue weighted by molar-refractivity contribution is 6.34. The first-order chi connectivity index (χ1) is 17.5. The molecule has 7 heteroatoms. The van der Waals surface area contributed by atoms with Crippen molar-refractivity contribution in [2.24, 2.45) is 0 Å². The van der Waals surface area contributed by atoms with Crippen molar-refractivity contribution in [3.8, 4) is 0 Å². The summed E-state index contributed by atoms with van der Waals surface area (Å²) in [6, 6.07) is 29.3. The number of hydrogen-bond donors (Lipinski definition) is 1. The van der Waals surface area contributed by atoms with Crippen LogP contribution in [0.1, 0.15) is 27.3 Å². The van der Waals surface area contributed by atoms with E-state index in [4.69, 9.17) is 28.2 Å². The standard InChI is InChI=1S/C29H21Cl2N3O2/c30-21-10-6-9-20(15-21)18-34-27(16-19-7-2-1-3-8-19)33-26-14-13-22(17-24(26)29(34)36)32-28(35)23-11-4-5-12-25(23)31/h1-15,17H,16,18H2,(H,32,35). The van der Waals surface area contributed by atoms with Crippen LogP contribution in [0.3, 0.4) is 0 Å². The number of fused-ring (bicyclic) bond motifs is 1. The molecule has 0 aliphatic heterocycles. The van der Waals surface area contributed by atoms with Gasteiger partial charge in [0, 0.05) is 17.1 Å². The van der Waals surface area contributed by atoms with Crippen molar-refractivity contribution < 1.29 is 4.79 Å². The van der Waals surface area contributed by atoms with Gasteiger partial charge in [-0.3, -0.25) is 14.2 Å². The predicted molar refractivity (Wildman–Crippen MR) is 145 cm³/mol. The molecule has 1 N–H and O–H groups in total. The predicted octanol–water partition coefficient (Wildman–Crippen LogP) is 6.59. The second-order valence-electron chi connectivity index (χ2n) is 8.38. The van der Waals surface area contributed by atoms with Crippen molar-refractivity contribution in [1.29, 1.82) is 0 Å². The highest BCUT2D eigenvalue weighted by atomic mass is 35.5. The van der Waals surface area contributed by atoms with Crippen LogP contribution in [-0.4, -0.2) is 15.5 Å². The third-order valence-corrected chi connectivity index (χ3v) is 6.41. The zero-order chi connectivity index (χ0) is 25.1. The topological polar surface area (TPSA) is 64.0 Å². The molecule has 0 aliphatic carbocycles. The number of rotatable bonds is 6. The number of hydrogen-bond acceptors (Lipinski definition) is 3. The summed E-state index contributed by atoms with van der Waals surface area (Å²) in [4.78, 5) is 31.3. The maximum atomic E-state index is 13.7. The van der Waals surface area contributed by atoms with Crippen LogP contribution in [0.5, 0.6) is 0 Å². The maximum Gasteiger partial charge on any atom is 0.261 e. The molecular formula is C29H21Cl2N3O2. The molecule has 0 saturated heterocycles. The quantitative estimate of drug-likeness (QED) is 0.278. The molecule has 0 aliphatic rings. The van der Waals surface area contributed by atoms with E-state index in [-0.39, 0.29) is 11.5 Å². The molecular weight excluding hydrogens is 493 g/mol. The van der Waals surface area contributed by atoms with Crippen molar-refractivity contribution in [2.75, 3.05) is 5.32 Å².